The summed E-state index contributed by atoms with van der Waals surface area (Å²) >= 11 is 0. The average Bonchev–Trinajstić information content (AvgIpc) is 2.13. The van der Waals surface area contributed by atoms with E-state index >= 15 is 0 Å². The number of carboxylic acids is 1. The summed E-state index contributed by atoms with van der Waals surface area (Å²) < 4.78 is 37.1. The summed E-state index contributed by atoms with van der Waals surface area (Å²) in [5, 5.41) is 8.27. The topological polar surface area (TPSA) is 50.2 Å². The molecule has 0 aliphatic heterocycles. The number of aromatic nitrogens is 1. The van der Waals surface area contributed by atoms with Gasteiger partial charge in [-0.2, -0.15) is 13.2 Å². The van der Waals surface area contributed by atoms with Crippen LogP contribution >= 0.6 is 0 Å². The van der Waals surface area contributed by atoms with Crippen LogP contribution in [-0.2, 0) is 11.0 Å². The highest BCUT2D eigenvalue weighted by atomic mass is 19.4. The second-order valence-corrected chi connectivity index (χ2v) is 2.61. The van der Waals surface area contributed by atoms with Gasteiger partial charge in [0.15, 0.2) is 0 Å². The third-order valence-corrected chi connectivity index (χ3v) is 1.53. The van der Waals surface area contributed by atoms with Crippen molar-refractivity contribution in [3.05, 3.63) is 35.7 Å². The highest BCUT2D eigenvalue weighted by molar-refractivity contribution is 5.85. The Labute approximate surface area is 82.9 Å². The molecule has 0 atom stereocenters. The molecule has 0 amide bonds. The largest absolute Gasteiger partial charge is 0.478 e. The lowest BCUT2D eigenvalue weighted by molar-refractivity contribution is -0.138. The smallest absolute Gasteiger partial charge is 0.418 e. The molecule has 0 unspecified atom stereocenters. The Morgan fingerprint density at radius 2 is 2.13 bits per heavy atom. The Morgan fingerprint density at radius 3 is 2.67 bits per heavy atom. The van der Waals surface area contributed by atoms with Crippen LogP contribution in [-0.4, -0.2) is 16.1 Å². The van der Waals surface area contributed by atoms with Crippen LogP contribution in [0.1, 0.15) is 11.3 Å². The van der Waals surface area contributed by atoms with Crippen LogP contribution in [0, 0.1) is 0 Å². The average molecular weight is 217 g/mol. The summed E-state index contributed by atoms with van der Waals surface area (Å²) in [6.07, 6.45) is -1.95. The standard InChI is InChI=1S/C9H6F3NO2/c10-9(11,12)6-2-1-5-13-7(6)3-4-8(14)15/h1-5H,(H,14,15). The van der Waals surface area contributed by atoms with Crippen molar-refractivity contribution in [3.63, 3.8) is 0 Å². The zero-order valence-corrected chi connectivity index (χ0v) is 7.32. The minimum absolute atomic E-state index is 0.410. The van der Waals surface area contributed by atoms with Crippen LogP contribution in [0.5, 0.6) is 0 Å². The van der Waals surface area contributed by atoms with Gasteiger partial charge in [0.2, 0.25) is 0 Å². The highest BCUT2D eigenvalue weighted by Crippen LogP contribution is 2.31. The van der Waals surface area contributed by atoms with E-state index in [0.29, 0.717) is 6.08 Å². The van der Waals surface area contributed by atoms with E-state index in [-0.39, 0.29) is 0 Å². The molecular weight excluding hydrogens is 211 g/mol. The van der Waals surface area contributed by atoms with Crippen molar-refractivity contribution < 1.29 is 23.1 Å². The maximum Gasteiger partial charge on any atom is 0.418 e. The molecule has 0 radical (unpaired) electrons. The number of alkyl halides is 3. The molecule has 6 heteroatoms. The van der Waals surface area contributed by atoms with Crippen LogP contribution in [0.25, 0.3) is 6.08 Å². The molecule has 0 bridgehead atoms. The predicted octanol–water partition coefficient (Wildman–Crippen LogP) is 2.20. The first-order chi connectivity index (χ1) is 6.91. The fourth-order valence-electron chi connectivity index (χ4n) is 0.940. The molecule has 1 aromatic rings. The molecule has 1 rings (SSSR count). The number of carboxylic acid groups (broad SMARTS) is 1. The molecular formula is C9H6F3NO2. The van der Waals surface area contributed by atoms with E-state index in [1.54, 1.807) is 0 Å². The van der Waals surface area contributed by atoms with Crippen molar-refractivity contribution in [1.29, 1.82) is 0 Å². The number of hydrogen-bond acceptors (Lipinski definition) is 2. The van der Waals surface area contributed by atoms with Crippen LogP contribution in [0.4, 0.5) is 13.2 Å². The second-order valence-electron chi connectivity index (χ2n) is 2.61. The fourth-order valence-corrected chi connectivity index (χ4v) is 0.940. The van der Waals surface area contributed by atoms with Gasteiger partial charge in [-0.1, -0.05) is 0 Å². The summed E-state index contributed by atoms with van der Waals surface area (Å²) in [6, 6.07) is 1.98. The van der Waals surface area contributed by atoms with Crippen molar-refractivity contribution in [2.24, 2.45) is 0 Å². The molecule has 15 heavy (non-hydrogen) atoms. The van der Waals surface area contributed by atoms with Crippen molar-refractivity contribution in [1.82, 2.24) is 4.98 Å². The number of rotatable bonds is 2. The Bertz CT molecular complexity index is 399. The maximum absolute atomic E-state index is 12.4. The minimum Gasteiger partial charge on any atom is -0.478 e. The molecule has 0 saturated heterocycles. The lowest BCUT2D eigenvalue weighted by Gasteiger charge is -2.08. The van der Waals surface area contributed by atoms with E-state index in [0.717, 1.165) is 24.4 Å². The molecule has 1 aromatic heterocycles. The lowest BCUT2D eigenvalue weighted by atomic mass is 10.2. The molecule has 0 saturated carbocycles. The molecule has 0 spiro atoms. The molecule has 80 valence electrons. The van der Waals surface area contributed by atoms with Gasteiger partial charge in [0.25, 0.3) is 0 Å². The van der Waals surface area contributed by atoms with E-state index in [2.05, 4.69) is 4.98 Å². The summed E-state index contributed by atoms with van der Waals surface area (Å²) in [5.74, 6) is -1.33. The van der Waals surface area contributed by atoms with Crippen molar-refractivity contribution in [3.8, 4) is 0 Å². The van der Waals surface area contributed by atoms with Crippen molar-refractivity contribution >= 4 is 12.0 Å². The Balaban J connectivity index is 3.13. The van der Waals surface area contributed by atoms with Crippen LogP contribution in [0.15, 0.2) is 24.4 Å². The first-order valence-electron chi connectivity index (χ1n) is 3.84. The maximum atomic E-state index is 12.4. The van der Waals surface area contributed by atoms with E-state index in [1.807, 2.05) is 0 Å². The van der Waals surface area contributed by atoms with Gasteiger partial charge < -0.3 is 5.11 Å². The molecule has 1 heterocycles. The minimum atomic E-state index is -4.54. The van der Waals surface area contributed by atoms with E-state index in [1.165, 1.54) is 0 Å². The van der Waals surface area contributed by atoms with Gasteiger partial charge in [0.1, 0.15) is 0 Å². The zero-order valence-electron chi connectivity index (χ0n) is 7.32. The van der Waals surface area contributed by atoms with Gasteiger partial charge in [-0.3, -0.25) is 4.98 Å². The van der Waals surface area contributed by atoms with Crippen LogP contribution in [0.3, 0.4) is 0 Å². The summed E-state index contributed by atoms with van der Waals surface area (Å²) in [6.45, 7) is 0. The van der Waals surface area contributed by atoms with Crippen molar-refractivity contribution in [2.75, 3.05) is 0 Å². The molecule has 0 aliphatic carbocycles. The molecule has 0 fully saturated rings. The zero-order chi connectivity index (χ0) is 11.5. The first-order valence-corrected chi connectivity index (χ1v) is 3.84. The van der Waals surface area contributed by atoms with Gasteiger partial charge in [0, 0.05) is 12.3 Å². The number of pyridine rings is 1. The van der Waals surface area contributed by atoms with Crippen molar-refractivity contribution in [2.45, 2.75) is 6.18 Å². The quantitative estimate of drug-likeness (QED) is 0.772. The second kappa shape index (κ2) is 4.12. The van der Waals surface area contributed by atoms with Gasteiger partial charge in [-0.15, -0.1) is 0 Å². The van der Waals surface area contributed by atoms with Gasteiger partial charge >= 0.3 is 12.1 Å². The van der Waals surface area contributed by atoms with Gasteiger partial charge in [-0.25, -0.2) is 4.79 Å². The number of hydrogen-bond donors (Lipinski definition) is 1. The monoisotopic (exact) mass is 217 g/mol. The number of aliphatic carboxylic acids is 1. The summed E-state index contributed by atoms with van der Waals surface area (Å²) in [5.41, 5.74) is -1.37. The Hall–Kier alpha value is -1.85. The van der Waals surface area contributed by atoms with Crippen LogP contribution < -0.4 is 0 Å². The Kier molecular flexibility index (Phi) is 3.08. The normalized spacial score (nSPS) is 11.9. The van der Waals surface area contributed by atoms with E-state index in [4.69, 9.17) is 5.11 Å². The first kappa shape index (κ1) is 11.2. The summed E-state index contributed by atoms with van der Waals surface area (Å²) in [4.78, 5) is 13.6. The van der Waals surface area contributed by atoms with Crippen LogP contribution in [0.2, 0.25) is 0 Å². The predicted molar refractivity (Wildman–Crippen MR) is 45.9 cm³/mol. The SMILES string of the molecule is O=C(O)C=Cc1ncccc1C(F)(F)F. The number of carbonyl (C=O) groups is 1. The summed E-state index contributed by atoms with van der Waals surface area (Å²) in [7, 11) is 0. The van der Waals surface area contributed by atoms with Gasteiger partial charge in [0.05, 0.1) is 11.3 Å². The highest BCUT2D eigenvalue weighted by Gasteiger charge is 2.33. The lowest BCUT2D eigenvalue weighted by Crippen LogP contribution is -2.08. The molecule has 1 N–H and O–H groups in total. The van der Waals surface area contributed by atoms with Gasteiger partial charge in [-0.05, 0) is 18.2 Å². The molecule has 0 aliphatic rings. The fraction of sp³-hybridized carbons (Fsp3) is 0.111. The van der Waals surface area contributed by atoms with E-state index < -0.39 is 23.4 Å². The van der Waals surface area contributed by atoms with E-state index in [9.17, 15) is 18.0 Å². The number of halogens is 3. The molecule has 0 aromatic carbocycles. The number of nitrogens with zero attached hydrogens (tertiary/aromatic N) is 1. The third-order valence-electron chi connectivity index (χ3n) is 1.53. The Morgan fingerprint density at radius 1 is 1.47 bits per heavy atom. The third kappa shape index (κ3) is 3.08. The molecule has 3 nitrogen and oxygen atoms in total.